The van der Waals surface area contributed by atoms with Gasteiger partial charge in [0.2, 0.25) is 0 Å². The molecule has 178 valence electrons. The van der Waals surface area contributed by atoms with Gasteiger partial charge in [0.1, 0.15) is 0 Å². The van der Waals surface area contributed by atoms with E-state index in [2.05, 4.69) is 70.6 Å². The van der Waals surface area contributed by atoms with Crippen molar-refractivity contribution in [2.45, 2.75) is 79.0 Å². The number of hydrogen-bond acceptors (Lipinski definition) is 6. The number of hydrogen-bond donors (Lipinski definition) is 2. The molecule has 3 saturated heterocycles. The number of β-amino-alcohol motifs (C(OH)–C–C–N with tert-alkyl or cyclic N) is 1. The Morgan fingerprint density at radius 3 is 1.16 bits per heavy atom. The fraction of sp³-hybridized carbons (Fsp3) is 1.00. The maximum atomic E-state index is 8.58. The third-order valence-electron chi connectivity index (χ3n) is 3.75. The minimum absolute atomic E-state index is 0. The molecule has 3 aliphatic rings. The fourth-order valence-corrected chi connectivity index (χ4v) is 2.52. The molecule has 0 aromatic carbocycles. The number of ether oxygens (including phenoxy) is 2. The molecule has 3 rings (SSSR count). The molecule has 0 saturated carbocycles. The van der Waals surface area contributed by atoms with Gasteiger partial charge in [-0.1, -0.05) is 20.8 Å². The molecular formula is C21H47B3N3O3V. The van der Waals surface area contributed by atoms with Gasteiger partial charge in [-0.05, 0) is 47.7 Å². The Bertz CT molecular complexity index is 349. The van der Waals surface area contributed by atoms with Crippen molar-refractivity contribution in [1.82, 2.24) is 15.1 Å². The van der Waals surface area contributed by atoms with E-state index in [9.17, 15) is 0 Å². The molecule has 31 heavy (non-hydrogen) atoms. The van der Waals surface area contributed by atoms with Gasteiger partial charge in [-0.2, -0.15) is 0 Å². The van der Waals surface area contributed by atoms with E-state index in [4.69, 9.17) is 14.6 Å². The third-order valence-corrected chi connectivity index (χ3v) is 3.75. The van der Waals surface area contributed by atoms with E-state index in [-0.39, 0.29) is 49.9 Å². The van der Waals surface area contributed by atoms with Crippen LogP contribution in [-0.2, 0) is 28.0 Å². The van der Waals surface area contributed by atoms with E-state index in [1.807, 2.05) is 7.05 Å². The van der Waals surface area contributed by atoms with Gasteiger partial charge in [0.05, 0.1) is 30.5 Å². The number of nitrogens with zero attached hydrogens (tertiary/aromatic N) is 2. The summed E-state index contributed by atoms with van der Waals surface area (Å²) in [5.74, 6) is 0.833. The Hall–Kier alpha value is 0.539. The Morgan fingerprint density at radius 2 is 1.03 bits per heavy atom. The molecule has 3 heterocycles. The number of nitrogens with one attached hydrogen (secondary N) is 1. The number of likely N-dealkylation sites (N-methyl/N-ethyl adjacent to an activating group) is 2. The van der Waals surface area contributed by atoms with Crippen LogP contribution < -0.4 is 5.32 Å². The quantitative estimate of drug-likeness (QED) is 0.593. The van der Waals surface area contributed by atoms with Crippen molar-refractivity contribution in [1.29, 1.82) is 0 Å². The number of rotatable bonds is 4. The van der Waals surface area contributed by atoms with Crippen LogP contribution in [0.25, 0.3) is 0 Å². The van der Waals surface area contributed by atoms with Crippen LogP contribution in [0.15, 0.2) is 0 Å². The summed E-state index contributed by atoms with van der Waals surface area (Å²) in [6, 6.07) is 0. The number of likely N-dealkylation sites (tertiary alicyclic amines) is 2. The maximum Gasteiger partial charge on any atom is 0.0831 e. The van der Waals surface area contributed by atoms with Gasteiger partial charge < -0.3 is 29.7 Å². The molecule has 0 aromatic rings. The molecule has 3 aliphatic heterocycles. The summed E-state index contributed by atoms with van der Waals surface area (Å²) in [6.07, 6.45) is 1.76. The predicted molar refractivity (Wildman–Crippen MR) is 132 cm³/mol. The molecule has 0 spiro atoms. The average Bonchev–Trinajstić information content (AvgIpc) is 2.40. The Balaban J connectivity index is -0.0000000960. The van der Waals surface area contributed by atoms with E-state index < -0.39 is 0 Å². The monoisotopic (exact) mass is 473 g/mol. The first-order chi connectivity index (χ1) is 12.5. The third kappa shape index (κ3) is 26.7. The molecule has 3 fully saturated rings. The van der Waals surface area contributed by atoms with Gasteiger partial charge in [-0.15, -0.1) is 0 Å². The summed E-state index contributed by atoms with van der Waals surface area (Å²) in [5, 5.41) is 11.7. The normalized spacial score (nSPS) is 18.5. The van der Waals surface area contributed by atoms with Crippen molar-refractivity contribution in [3.8, 4) is 0 Å². The second-order valence-corrected chi connectivity index (χ2v) is 9.10. The van der Waals surface area contributed by atoms with Crippen LogP contribution in [0.5, 0.6) is 0 Å². The van der Waals surface area contributed by atoms with Crippen LogP contribution in [0.1, 0.15) is 48.5 Å². The van der Waals surface area contributed by atoms with Crippen LogP contribution in [0, 0.1) is 5.92 Å². The van der Waals surface area contributed by atoms with Crippen molar-refractivity contribution < 1.29 is 33.1 Å². The van der Waals surface area contributed by atoms with E-state index in [0.29, 0.717) is 24.4 Å². The van der Waals surface area contributed by atoms with E-state index >= 15 is 0 Å². The standard InChI is InChI=1S/C7H15NO.C6H13NO.C4H9NO.C4H10.3B.V/c1-6(2)9-7-4-8(3)5-7;1-5(2)8-6-3-7-4-6;1-5-2-4(6)3-5;1-4(2)3;;;;/h6-7H,4-5H2,1-3H3;5-7H,3-4H2,1-2H3;4,6H,2-3H2,1H3;4H,1-3H3;;;;. The molecule has 2 N–H and O–H groups in total. The molecule has 0 amide bonds. The molecule has 0 atom stereocenters. The molecule has 0 bridgehead atoms. The minimum Gasteiger partial charge on any atom is -0.390 e. The summed E-state index contributed by atoms with van der Waals surface area (Å²) in [4.78, 5) is 4.33. The van der Waals surface area contributed by atoms with Crippen LogP contribution in [0.2, 0.25) is 0 Å². The van der Waals surface area contributed by atoms with Gasteiger partial charge in [-0.3, -0.25) is 0 Å². The molecule has 0 unspecified atom stereocenters. The summed E-state index contributed by atoms with van der Waals surface area (Å²) >= 11 is 0. The van der Waals surface area contributed by atoms with Crippen molar-refractivity contribution in [3.63, 3.8) is 0 Å². The molecular weight excluding hydrogens is 426 g/mol. The predicted octanol–water partition coefficient (Wildman–Crippen LogP) is 0.919. The smallest absolute Gasteiger partial charge is 0.0831 e. The Labute approximate surface area is 211 Å². The van der Waals surface area contributed by atoms with Crippen molar-refractivity contribution in [3.05, 3.63) is 0 Å². The molecule has 0 aromatic heterocycles. The SMILES string of the molecule is CC(C)C.CC(C)OC1CN(C)C1.CC(C)OC1CNC1.CN1CC(O)C1.[B].[B].[B].[V]. The second kappa shape index (κ2) is 23.7. The van der Waals surface area contributed by atoms with E-state index in [1.165, 1.54) is 0 Å². The van der Waals surface area contributed by atoms with Gasteiger partial charge in [-0.25, -0.2) is 0 Å². The number of aliphatic hydroxyl groups is 1. The van der Waals surface area contributed by atoms with Crippen LogP contribution in [0.3, 0.4) is 0 Å². The van der Waals surface area contributed by atoms with Crippen LogP contribution >= 0.6 is 0 Å². The zero-order valence-corrected chi connectivity index (χ0v) is 22.9. The van der Waals surface area contributed by atoms with Gasteiger partial charge in [0.25, 0.3) is 0 Å². The topological polar surface area (TPSA) is 57.2 Å². The van der Waals surface area contributed by atoms with E-state index in [1.54, 1.807) is 0 Å². The first-order valence-electron chi connectivity index (χ1n) is 10.6. The minimum atomic E-state index is -0.0324. The van der Waals surface area contributed by atoms with Gasteiger partial charge in [0, 0.05) is 83.1 Å². The summed E-state index contributed by atoms with van der Waals surface area (Å²) in [6.45, 7) is 20.8. The zero-order chi connectivity index (χ0) is 21.0. The Morgan fingerprint density at radius 1 is 0.710 bits per heavy atom. The van der Waals surface area contributed by atoms with Crippen LogP contribution in [-0.4, -0.2) is 124 Å². The average molecular weight is 473 g/mol. The molecule has 10 heteroatoms. The van der Waals surface area contributed by atoms with Crippen molar-refractivity contribution >= 4 is 25.2 Å². The molecule has 10 radical (unpaired) electrons. The first kappa shape index (κ1) is 41.8. The largest absolute Gasteiger partial charge is 0.390 e. The van der Waals surface area contributed by atoms with Crippen molar-refractivity contribution in [2.24, 2.45) is 5.92 Å². The molecule has 6 nitrogen and oxygen atoms in total. The van der Waals surface area contributed by atoms with Crippen LogP contribution in [0.4, 0.5) is 0 Å². The fourth-order valence-electron chi connectivity index (χ4n) is 2.52. The maximum absolute atomic E-state index is 8.58. The second-order valence-electron chi connectivity index (χ2n) is 9.10. The van der Waals surface area contributed by atoms with Gasteiger partial charge >= 0.3 is 0 Å². The zero-order valence-electron chi connectivity index (χ0n) is 21.5. The summed E-state index contributed by atoms with van der Waals surface area (Å²) in [5.41, 5.74) is 0. The van der Waals surface area contributed by atoms with E-state index in [0.717, 1.165) is 45.2 Å². The Kier molecular flexibility index (Phi) is 31.9. The summed E-state index contributed by atoms with van der Waals surface area (Å²) in [7, 11) is 4.10. The molecule has 0 aliphatic carbocycles. The van der Waals surface area contributed by atoms with Crippen molar-refractivity contribution in [2.75, 3.05) is 53.4 Å². The first-order valence-corrected chi connectivity index (χ1v) is 10.6. The number of aliphatic hydroxyl groups excluding tert-OH is 1. The summed E-state index contributed by atoms with van der Waals surface area (Å²) < 4.78 is 10.9. The van der Waals surface area contributed by atoms with Gasteiger partial charge in [0.15, 0.2) is 0 Å².